The van der Waals surface area contributed by atoms with E-state index in [4.69, 9.17) is 4.98 Å². The zero-order chi connectivity index (χ0) is 19.2. The molecule has 1 N–H and O–H groups in total. The van der Waals surface area contributed by atoms with E-state index in [0.717, 1.165) is 17.2 Å². The van der Waals surface area contributed by atoms with E-state index in [2.05, 4.69) is 83.1 Å². The van der Waals surface area contributed by atoms with Crippen LogP contribution in [-0.2, 0) is 0 Å². The maximum absolute atomic E-state index is 4.88. The van der Waals surface area contributed by atoms with Gasteiger partial charge in [0.1, 0.15) is 5.82 Å². The van der Waals surface area contributed by atoms with Gasteiger partial charge in [0.2, 0.25) is 0 Å². The fraction of sp³-hybridized carbons (Fsp3) is 0.0833. The number of pyridine rings is 2. The Kier molecular flexibility index (Phi) is 5.59. The highest BCUT2D eigenvalue weighted by atomic mass is 28.3. The molecule has 4 heteroatoms. The zero-order valence-corrected chi connectivity index (χ0v) is 16.8. The number of hydrogen-bond donors (Lipinski definition) is 1. The molecular formula is C24H22N3Si. The topological polar surface area (TPSA) is 37.8 Å². The number of benzene rings is 2. The third kappa shape index (κ3) is 4.18. The SMILES string of the molecule is Cc1cccc(C(Nc2ccccn2)[Si](c2ccccc2)c2ccccc2)n1. The Morgan fingerprint density at radius 1 is 0.714 bits per heavy atom. The van der Waals surface area contributed by atoms with Gasteiger partial charge in [-0.25, -0.2) is 4.98 Å². The molecule has 3 nitrogen and oxygen atoms in total. The van der Waals surface area contributed by atoms with Gasteiger partial charge in [-0.05, 0) is 31.2 Å². The van der Waals surface area contributed by atoms with Crippen LogP contribution in [0.15, 0.2) is 103 Å². The largest absolute Gasteiger partial charge is 0.364 e. The Hall–Kier alpha value is -3.24. The minimum Gasteiger partial charge on any atom is -0.364 e. The lowest BCUT2D eigenvalue weighted by atomic mass is 10.3. The van der Waals surface area contributed by atoms with E-state index in [1.807, 2.05) is 37.4 Å². The lowest BCUT2D eigenvalue weighted by Crippen LogP contribution is -2.50. The molecule has 2 aromatic heterocycles. The van der Waals surface area contributed by atoms with Crippen molar-refractivity contribution in [3.8, 4) is 0 Å². The van der Waals surface area contributed by atoms with Crippen LogP contribution in [0.5, 0.6) is 0 Å². The minimum atomic E-state index is -1.22. The first-order valence-corrected chi connectivity index (χ1v) is 11.0. The van der Waals surface area contributed by atoms with Crippen LogP contribution in [0, 0.1) is 6.92 Å². The van der Waals surface area contributed by atoms with Crippen molar-refractivity contribution >= 4 is 25.0 Å². The first-order chi connectivity index (χ1) is 13.8. The number of hydrogen-bond acceptors (Lipinski definition) is 3. The molecule has 0 aliphatic carbocycles. The summed E-state index contributed by atoms with van der Waals surface area (Å²) in [6, 6.07) is 33.7. The van der Waals surface area contributed by atoms with Crippen molar-refractivity contribution in [3.63, 3.8) is 0 Å². The van der Waals surface area contributed by atoms with Crippen molar-refractivity contribution in [2.45, 2.75) is 12.6 Å². The van der Waals surface area contributed by atoms with E-state index in [1.54, 1.807) is 0 Å². The monoisotopic (exact) mass is 380 g/mol. The Balaban J connectivity index is 1.85. The highest BCUT2D eigenvalue weighted by Gasteiger charge is 2.30. The van der Waals surface area contributed by atoms with Gasteiger partial charge in [0.25, 0.3) is 0 Å². The second-order valence-corrected chi connectivity index (χ2v) is 9.20. The van der Waals surface area contributed by atoms with Crippen LogP contribution in [0.25, 0.3) is 0 Å². The Morgan fingerprint density at radius 3 is 1.93 bits per heavy atom. The molecule has 0 spiro atoms. The fourth-order valence-electron chi connectivity index (χ4n) is 3.35. The third-order valence-corrected chi connectivity index (χ3v) is 7.55. The van der Waals surface area contributed by atoms with E-state index in [-0.39, 0.29) is 5.67 Å². The van der Waals surface area contributed by atoms with Gasteiger partial charge in [-0.2, -0.15) is 0 Å². The summed E-state index contributed by atoms with van der Waals surface area (Å²) in [5, 5.41) is 6.38. The van der Waals surface area contributed by atoms with Crippen LogP contribution in [0.4, 0.5) is 5.82 Å². The average Bonchev–Trinajstić information content (AvgIpc) is 2.76. The van der Waals surface area contributed by atoms with E-state index in [0.29, 0.717) is 0 Å². The molecule has 0 saturated heterocycles. The molecule has 28 heavy (non-hydrogen) atoms. The van der Waals surface area contributed by atoms with Crippen molar-refractivity contribution in [2.24, 2.45) is 0 Å². The zero-order valence-electron chi connectivity index (χ0n) is 15.8. The highest BCUT2D eigenvalue weighted by molar-refractivity contribution is 6.86. The summed E-state index contributed by atoms with van der Waals surface area (Å²) in [5.74, 6) is 0.866. The van der Waals surface area contributed by atoms with Crippen LogP contribution < -0.4 is 15.7 Å². The second-order valence-electron chi connectivity index (χ2n) is 6.64. The first kappa shape index (κ1) is 18.1. The molecule has 1 radical (unpaired) electrons. The van der Waals surface area contributed by atoms with E-state index < -0.39 is 8.80 Å². The Morgan fingerprint density at radius 2 is 1.36 bits per heavy atom. The van der Waals surface area contributed by atoms with Crippen LogP contribution in [0.3, 0.4) is 0 Å². The van der Waals surface area contributed by atoms with Crippen molar-refractivity contribution in [1.29, 1.82) is 0 Å². The summed E-state index contributed by atoms with van der Waals surface area (Å²) in [6.07, 6.45) is 1.82. The molecule has 2 heterocycles. The van der Waals surface area contributed by atoms with E-state index >= 15 is 0 Å². The van der Waals surface area contributed by atoms with Crippen molar-refractivity contribution in [3.05, 3.63) is 115 Å². The van der Waals surface area contributed by atoms with Gasteiger partial charge < -0.3 is 5.32 Å². The predicted molar refractivity (Wildman–Crippen MR) is 117 cm³/mol. The average molecular weight is 381 g/mol. The second kappa shape index (κ2) is 8.63. The smallest absolute Gasteiger partial charge is 0.153 e. The standard InChI is InChI=1S/C24H22N3Si/c1-19-11-10-16-22(26-19)24(27-23-17-8-9-18-25-23)28(20-12-4-2-5-13-20)21-14-6-3-7-15-21/h2-18,24H,1H3,(H,25,27). The van der Waals surface area contributed by atoms with Crippen LogP contribution in [0.1, 0.15) is 17.1 Å². The molecule has 137 valence electrons. The van der Waals surface area contributed by atoms with Gasteiger partial charge in [0.05, 0.1) is 11.4 Å². The number of aromatic nitrogens is 2. The van der Waals surface area contributed by atoms with Crippen LogP contribution in [0.2, 0.25) is 0 Å². The van der Waals surface area contributed by atoms with Gasteiger partial charge in [-0.3, -0.25) is 4.98 Å². The highest BCUT2D eigenvalue weighted by Crippen LogP contribution is 2.20. The van der Waals surface area contributed by atoms with Crippen molar-refractivity contribution < 1.29 is 0 Å². The molecule has 1 unspecified atom stereocenters. The lowest BCUT2D eigenvalue weighted by Gasteiger charge is -2.28. The summed E-state index contributed by atoms with van der Waals surface area (Å²) in [6.45, 7) is 2.04. The Bertz CT molecular complexity index is 968. The van der Waals surface area contributed by atoms with Gasteiger partial charge >= 0.3 is 0 Å². The van der Waals surface area contributed by atoms with Gasteiger partial charge in [-0.15, -0.1) is 0 Å². The summed E-state index contributed by atoms with van der Waals surface area (Å²) >= 11 is 0. The summed E-state index contributed by atoms with van der Waals surface area (Å²) in [7, 11) is -1.22. The molecule has 4 aromatic rings. The fourth-order valence-corrected chi connectivity index (χ4v) is 6.20. The van der Waals surface area contributed by atoms with Crippen LogP contribution >= 0.6 is 0 Å². The number of nitrogens with zero attached hydrogens (tertiary/aromatic N) is 2. The van der Waals surface area contributed by atoms with E-state index in [1.165, 1.54) is 10.4 Å². The van der Waals surface area contributed by atoms with Gasteiger partial charge in [0.15, 0.2) is 8.80 Å². The molecule has 0 bridgehead atoms. The Labute approximate surface area is 167 Å². The van der Waals surface area contributed by atoms with Gasteiger partial charge in [0, 0.05) is 11.9 Å². The summed E-state index contributed by atoms with van der Waals surface area (Å²) in [4.78, 5) is 9.39. The molecule has 4 rings (SSSR count). The van der Waals surface area contributed by atoms with E-state index in [9.17, 15) is 0 Å². The molecule has 0 aliphatic rings. The molecule has 0 saturated carbocycles. The number of aryl methyl sites for hydroxylation is 1. The normalized spacial score (nSPS) is 11.9. The maximum Gasteiger partial charge on any atom is 0.153 e. The number of anilines is 1. The molecule has 2 aromatic carbocycles. The minimum absolute atomic E-state index is 0.0459. The van der Waals surface area contributed by atoms with Crippen molar-refractivity contribution in [1.82, 2.24) is 9.97 Å². The molecule has 0 aliphatic heterocycles. The van der Waals surface area contributed by atoms with Gasteiger partial charge in [-0.1, -0.05) is 83.2 Å². The molecule has 1 atom stereocenters. The third-order valence-electron chi connectivity index (χ3n) is 4.62. The number of nitrogens with one attached hydrogen (secondary N) is 1. The molecular weight excluding hydrogens is 358 g/mol. The van der Waals surface area contributed by atoms with Crippen molar-refractivity contribution in [2.75, 3.05) is 5.32 Å². The predicted octanol–water partition coefficient (Wildman–Crippen LogP) is 3.79. The number of rotatable bonds is 6. The quantitative estimate of drug-likeness (QED) is 0.517. The first-order valence-electron chi connectivity index (χ1n) is 9.40. The van der Waals surface area contributed by atoms with Crippen LogP contribution in [-0.4, -0.2) is 18.8 Å². The lowest BCUT2D eigenvalue weighted by molar-refractivity contribution is 0.958. The maximum atomic E-state index is 4.88. The summed E-state index contributed by atoms with van der Waals surface area (Å²) in [5.41, 5.74) is 2.12. The molecule has 0 amide bonds. The summed E-state index contributed by atoms with van der Waals surface area (Å²) < 4.78 is 0. The molecule has 0 fully saturated rings.